The largest absolute Gasteiger partial charge is 0.433 e. The molecule has 3 aromatic rings. The van der Waals surface area contributed by atoms with E-state index in [9.17, 15) is 22.7 Å². The molecule has 0 bridgehead atoms. The Morgan fingerprint density at radius 2 is 1.97 bits per heavy atom. The van der Waals surface area contributed by atoms with Gasteiger partial charge < -0.3 is 14.4 Å². The van der Waals surface area contributed by atoms with Crippen LogP contribution in [0.2, 0.25) is 5.02 Å². The molecule has 2 aromatic heterocycles. The van der Waals surface area contributed by atoms with E-state index in [1.54, 1.807) is 13.8 Å². The lowest BCUT2D eigenvalue weighted by Gasteiger charge is -2.14. The van der Waals surface area contributed by atoms with Crippen molar-refractivity contribution in [2.75, 3.05) is 0 Å². The predicted octanol–water partition coefficient (Wildman–Crippen LogP) is 5.32. The highest BCUT2D eigenvalue weighted by molar-refractivity contribution is 6.33. The fourth-order valence-electron chi connectivity index (χ4n) is 3.06. The van der Waals surface area contributed by atoms with Gasteiger partial charge in [0, 0.05) is 0 Å². The summed E-state index contributed by atoms with van der Waals surface area (Å²) in [5.41, 5.74) is -1.59. The number of halogens is 5. The Morgan fingerprint density at radius 1 is 1.26 bits per heavy atom. The van der Waals surface area contributed by atoms with E-state index < -0.39 is 29.4 Å². The first-order chi connectivity index (χ1) is 14.5. The van der Waals surface area contributed by atoms with Gasteiger partial charge in [0.25, 0.3) is 0 Å². The number of hydrogen-bond donors (Lipinski definition) is 1. The number of alkyl halides is 3. The van der Waals surface area contributed by atoms with Crippen LogP contribution in [0.3, 0.4) is 0 Å². The van der Waals surface area contributed by atoms with E-state index in [1.165, 1.54) is 19.1 Å². The molecule has 0 radical (unpaired) electrons. The van der Waals surface area contributed by atoms with E-state index in [0.29, 0.717) is 4.68 Å². The van der Waals surface area contributed by atoms with Gasteiger partial charge in [-0.1, -0.05) is 22.8 Å². The van der Waals surface area contributed by atoms with Crippen LogP contribution < -0.4 is 0 Å². The molecule has 1 N–H and O–H groups in total. The first kappa shape index (κ1) is 23.2. The molecule has 0 saturated heterocycles. The minimum atomic E-state index is -4.81. The minimum Gasteiger partial charge on any atom is -0.391 e. The maximum absolute atomic E-state index is 14.5. The van der Waals surface area contributed by atoms with Crippen LogP contribution in [0.4, 0.5) is 17.6 Å². The highest BCUT2D eigenvalue weighted by Crippen LogP contribution is 2.42. The molecular weight excluding hydrogens is 442 g/mol. The Balaban J connectivity index is 2.23. The van der Waals surface area contributed by atoms with Crippen molar-refractivity contribution in [1.29, 1.82) is 0 Å². The number of nitrogens with zero attached hydrogens (tertiary/aromatic N) is 3. The van der Waals surface area contributed by atoms with Gasteiger partial charge in [-0.25, -0.2) is 4.39 Å². The second kappa shape index (κ2) is 8.97. The maximum atomic E-state index is 14.5. The Kier molecular flexibility index (Phi) is 6.73. The molecule has 2 heterocycles. The van der Waals surface area contributed by atoms with E-state index in [4.69, 9.17) is 20.9 Å². The van der Waals surface area contributed by atoms with Crippen LogP contribution in [0.25, 0.3) is 22.6 Å². The number of rotatable bonds is 7. The summed E-state index contributed by atoms with van der Waals surface area (Å²) < 4.78 is 67.6. The van der Waals surface area contributed by atoms with Gasteiger partial charge in [-0.2, -0.15) is 18.3 Å². The molecule has 1 unspecified atom stereocenters. The van der Waals surface area contributed by atoms with Crippen molar-refractivity contribution >= 4 is 11.6 Å². The molecule has 0 spiro atoms. The molecule has 1 aromatic carbocycles. The normalized spacial score (nSPS) is 13.2. The van der Waals surface area contributed by atoms with Crippen LogP contribution in [0.1, 0.15) is 32.0 Å². The van der Waals surface area contributed by atoms with Gasteiger partial charge in [0.1, 0.15) is 11.5 Å². The van der Waals surface area contributed by atoms with Gasteiger partial charge >= 0.3 is 6.18 Å². The lowest BCUT2D eigenvalue weighted by Crippen LogP contribution is -2.21. The lowest BCUT2D eigenvalue weighted by atomic mass is 10.0. The number of aliphatic hydroxyl groups excluding tert-OH is 1. The molecule has 6 nitrogen and oxygen atoms in total. The number of aromatic nitrogens is 3. The van der Waals surface area contributed by atoms with Gasteiger partial charge in [-0.15, -0.1) is 0 Å². The summed E-state index contributed by atoms with van der Waals surface area (Å²) in [6.07, 6.45) is -5.18. The van der Waals surface area contributed by atoms with Crippen molar-refractivity contribution in [3.05, 3.63) is 46.5 Å². The Labute approximate surface area is 180 Å². The third kappa shape index (κ3) is 4.91. The van der Waals surface area contributed by atoms with Crippen molar-refractivity contribution in [3.8, 4) is 22.6 Å². The summed E-state index contributed by atoms with van der Waals surface area (Å²) in [7, 11) is 0. The molecule has 0 amide bonds. The van der Waals surface area contributed by atoms with E-state index in [0.717, 1.165) is 12.3 Å². The quantitative estimate of drug-likeness (QED) is 0.482. The van der Waals surface area contributed by atoms with Crippen molar-refractivity contribution in [1.82, 2.24) is 14.9 Å². The molecule has 0 fully saturated rings. The first-order valence-electron chi connectivity index (χ1n) is 9.36. The predicted molar refractivity (Wildman–Crippen MR) is 105 cm³/mol. The Morgan fingerprint density at radius 3 is 2.55 bits per heavy atom. The monoisotopic (exact) mass is 461 g/mol. The second-order valence-corrected chi connectivity index (χ2v) is 7.64. The zero-order valence-electron chi connectivity index (χ0n) is 16.9. The highest BCUT2D eigenvalue weighted by Gasteiger charge is 2.41. The molecule has 0 aliphatic rings. The zero-order valence-corrected chi connectivity index (χ0v) is 17.6. The number of hydrogen-bond acceptors (Lipinski definition) is 5. The van der Waals surface area contributed by atoms with E-state index >= 15 is 0 Å². The van der Waals surface area contributed by atoms with Crippen LogP contribution in [0.5, 0.6) is 0 Å². The average Bonchev–Trinajstić information content (AvgIpc) is 3.23. The van der Waals surface area contributed by atoms with E-state index in [1.807, 2.05) is 0 Å². The molecule has 31 heavy (non-hydrogen) atoms. The minimum absolute atomic E-state index is 0.0199. The second-order valence-electron chi connectivity index (χ2n) is 7.23. The van der Waals surface area contributed by atoms with Crippen molar-refractivity contribution in [2.24, 2.45) is 0 Å². The van der Waals surface area contributed by atoms with Crippen LogP contribution in [0, 0.1) is 5.82 Å². The van der Waals surface area contributed by atoms with Crippen LogP contribution >= 0.6 is 11.6 Å². The molecule has 1 atom stereocenters. The summed E-state index contributed by atoms with van der Waals surface area (Å²) >= 11 is 6.13. The van der Waals surface area contributed by atoms with E-state index in [2.05, 4.69) is 10.3 Å². The van der Waals surface area contributed by atoms with Crippen molar-refractivity contribution < 1.29 is 31.9 Å². The molecule has 168 valence electrons. The smallest absolute Gasteiger partial charge is 0.391 e. The van der Waals surface area contributed by atoms with E-state index in [-0.39, 0.29) is 46.9 Å². The first-order valence-corrected chi connectivity index (χ1v) is 9.74. The number of ether oxygens (including phenoxy) is 1. The molecule has 11 heteroatoms. The van der Waals surface area contributed by atoms with Crippen LogP contribution in [-0.2, 0) is 24.1 Å². The van der Waals surface area contributed by atoms with Gasteiger partial charge in [0.05, 0.1) is 53.3 Å². The fraction of sp³-hybridized carbons (Fsp3) is 0.400. The standard InChI is InChI=1S/C20H20ClF4N3O3/c1-10(2)30-9-13-17(16-14(21)5-4-6-15(16)22)27-31-18(13)12-7-26-28(8-11(3)29)19(12)20(23,24)25/h4-7,10-11,29H,8-9H2,1-3H3. The summed E-state index contributed by atoms with van der Waals surface area (Å²) in [6, 6.07) is 3.99. The van der Waals surface area contributed by atoms with Gasteiger partial charge in [-0.3, -0.25) is 4.68 Å². The zero-order chi connectivity index (χ0) is 22.9. The Hall–Kier alpha value is -2.43. The third-order valence-corrected chi connectivity index (χ3v) is 4.65. The lowest BCUT2D eigenvalue weighted by molar-refractivity contribution is -0.144. The SMILES string of the molecule is CC(O)Cn1ncc(-c2onc(-c3c(F)cccc3Cl)c2COC(C)C)c1C(F)(F)F. The number of benzene rings is 1. The summed E-state index contributed by atoms with van der Waals surface area (Å²) in [4.78, 5) is 0. The molecule has 0 saturated carbocycles. The van der Waals surface area contributed by atoms with Gasteiger partial charge in [0.15, 0.2) is 11.5 Å². The highest BCUT2D eigenvalue weighted by atomic mass is 35.5. The summed E-state index contributed by atoms with van der Waals surface area (Å²) in [5.74, 6) is -0.974. The fourth-order valence-corrected chi connectivity index (χ4v) is 3.32. The van der Waals surface area contributed by atoms with Crippen molar-refractivity contribution in [2.45, 2.75) is 52.3 Å². The molecular formula is C20H20ClF4N3O3. The molecule has 0 aliphatic carbocycles. The maximum Gasteiger partial charge on any atom is 0.433 e. The topological polar surface area (TPSA) is 73.3 Å². The van der Waals surface area contributed by atoms with Crippen LogP contribution in [0.15, 0.2) is 28.9 Å². The van der Waals surface area contributed by atoms with Gasteiger partial charge in [-0.05, 0) is 32.9 Å². The Bertz CT molecular complexity index is 1040. The van der Waals surface area contributed by atoms with Gasteiger partial charge in [0.2, 0.25) is 0 Å². The van der Waals surface area contributed by atoms with Crippen molar-refractivity contribution in [3.63, 3.8) is 0 Å². The average molecular weight is 462 g/mol. The van der Waals surface area contributed by atoms with Crippen LogP contribution in [-0.4, -0.2) is 32.3 Å². The third-order valence-electron chi connectivity index (χ3n) is 4.34. The summed E-state index contributed by atoms with van der Waals surface area (Å²) in [6.45, 7) is 4.24. The molecule has 3 rings (SSSR count). The summed E-state index contributed by atoms with van der Waals surface area (Å²) in [5, 5.41) is 17.2. The number of aliphatic hydroxyl groups is 1. The molecule has 0 aliphatic heterocycles.